The minimum atomic E-state index is 0.0255. The number of aromatic hydroxyl groups is 1. The van der Waals surface area contributed by atoms with Crippen LogP contribution in [-0.4, -0.2) is 27.1 Å². The second-order valence-electron chi connectivity index (χ2n) is 6.17. The summed E-state index contributed by atoms with van der Waals surface area (Å²) in [5.41, 5.74) is 9.69. The molecule has 0 radical (unpaired) electrons. The Kier molecular flexibility index (Phi) is 2.61. The smallest absolute Gasteiger partial charge is 0.165 e. The van der Waals surface area contributed by atoms with Crippen molar-refractivity contribution in [2.75, 3.05) is 5.73 Å². The fourth-order valence-electron chi connectivity index (χ4n) is 3.42. The molecule has 2 atom stereocenters. The summed E-state index contributed by atoms with van der Waals surface area (Å²) in [7, 11) is 1.81. The zero-order valence-electron chi connectivity index (χ0n) is 12.9. The van der Waals surface area contributed by atoms with E-state index >= 15 is 0 Å². The van der Waals surface area contributed by atoms with Crippen molar-refractivity contribution in [1.82, 2.24) is 9.78 Å². The standard InChI is InChI=1S/C16H19N3O3/c1-7-4-9-12(11-6-18-19(3)16(11)17)14-10(5-8(2)21-14)13(20)15(9)22-7/h6-8,20H,4-5,17H2,1-3H3. The van der Waals surface area contributed by atoms with Gasteiger partial charge in [-0.15, -0.1) is 0 Å². The first kappa shape index (κ1) is 13.3. The minimum absolute atomic E-state index is 0.0255. The number of ether oxygens (including phenoxy) is 2. The molecule has 0 aliphatic carbocycles. The number of nitrogens with two attached hydrogens (primary N) is 1. The zero-order chi connectivity index (χ0) is 15.6. The molecule has 0 fully saturated rings. The number of anilines is 1. The van der Waals surface area contributed by atoms with Crippen LogP contribution in [0.2, 0.25) is 0 Å². The molecule has 0 spiro atoms. The molecule has 116 valence electrons. The molecule has 2 aromatic rings. The lowest BCUT2D eigenvalue weighted by Crippen LogP contribution is -2.07. The van der Waals surface area contributed by atoms with Crippen molar-refractivity contribution in [2.24, 2.45) is 7.05 Å². The molecule has 0 saturated heterocycles. The highest BCUT2D eigenvalue weighted by Crippen LogP contribution is 2.54. The number of nitrogens with zero attached hydrogens (tertiary/aromatic N) is 2. The Morgan fingerprint density at radius 2 is 1.82 bits per heavy atom. The van der Waals surface area contributed by atoms with Crippen LogP contribution in [0, 0.1) is 0 Å². The number of phenols is 1. The summed E-state index contributed by atoms with van der Waals surface area (Å²) in [5.74, 6) is 2.09. The van der Waals surface area contributed by atoms with Crippen LogP contribution in [0.1, 0.15) is 25.0 Å². The van der Waals surface area contributed by atoms with Crippen LogP contribution in [0.25, 0.3) is 11.1 Å². The molecular formula is C16H19N3O3. The van der Waals surface area contributed by atoms with E-state index in [4.69, 9.17) is 15.2 Å². The van der Waals surface area contributed by atoms with Crippen molar-refractivity contribution >= 4 is 5.82 Å². The highest BCUT2D eigenvalue weighted by Gasteiger charge is 2.37. The number of aromatic nitrogens is 2. The molecule has 1 aromatic carbocycles. The number of benzene rings is 1. The quantitative estimate of drug-likeness (QED) is 0.842. The molecule has 2 aliphatic rings. The second kappa shape index (κ2) is 4.32. The lowest BCUT2D eigenvalue weighted by Gasteiger charge is -2.14. The third kappa shape index (κ3) is 1.63. The zero-order valence-corrected chi connectivity index (χ0v) is 12.9. The van der Waals surface area contributed by atoms with Gasteiger partial charge in [-0.3, -0.25) is 4.68 Å². The Morgan fingerprint density at radius 1 is 1.18 bits per heavy atom. The van der Waals surface area contributed by atoms with Gasteiger partial charge in [0.15, 0.2) is 11.5 Å². The van der Waals surface area contributed by atoms with Crippen molar-refractivity contribution in [3.8, 4) is 28.4 Å². The molecule has 3 heterocycles. The van der Waals surface area contributed by atoms with E-state index in [0.29, 0.717) is 18.0 Å². The first-order chi connectivity index (χ1) is 10.5. The fraction of sp³-hybridized carbons (Fsp3) is 0.438. The van der Waals surface area contributed by atoms with Gasteiger partial charge in [0, 0.05) is 42.1 Å². The third-order valence-corrected chi connectivity index (χ3v) is 4.45. The molecule has 0 amide bonds. The molecule has 4 rings (SSSR count). The van der Waals surface area contributed by atoms with Gasteiger partial charge in [0.2, 0.25) is 0 Å². The van der Waals surface area contributed by atoms with E-state index in [-0.39, 0.29) is 18.0 Å². The Morgan fingerprint density at radius 3 is 2.45 bits per heavy atom. The predicted octanol–water partition coefficient (Wildman–Crippen LogP) is 2.02. The summed E-state index contributed by atoms with van der Waals surface area (Å²) in [5, 5.41) is 14.8. The van der Waals surface area contributed by atoms with E-state index in [1.165, 1.54) is 0 Å². The van der Waals surface area contributed by atoms with E-state index in [2.05, 4.69) is 5.10 Å². The van der Waals surface area contributed by atoms with Gasteiger partial charge < -0.3 is 20.3 Å². The van der Waals surface area contributed by atoms with Crippen LogP contribution in [0.4, 0.5) is 5.82 Å². The Labute approximate surface area is 128 Å². The van der Waals surface area contributed by atoms with E-state index in [1.807, 2.05) is 20.9 Å². The highest BCUT2D eigenvalue weighted by molar-refractivity contribution is 5.87. The maximum atomic E-state index is 10.6. The summed E-state index contributed by atoms with van der Waals surface area (Å²) < 4.78 is 13.5. The van der Waals surface area contributed by atoms with Crippen molar-refractivity contribution < 1.29 is 14.6 Å². The molecule has 0 saturated carbocycles. The van der Waals surface area contributed by atoms with E-state index in [9.17, 15) is 5.11 Å². The number of hydrogen-bond acceptors (Lipinski definition) is 5. The Balaban J connectivity index is 2.04. The van der Waals surface area contributed by atoms with Crippen molar-refractivity contribution in [2.45, 2.75) is 38.9 Å². The summed E-state index contributed by atoms with van der Waals surface area (Å²) in [6.45, 7) is 3.98. The van der Waals surface area contributed by atoms with Gasteiger partial charge >= 0.3 is 0 Å². The molecule has 22 heavy (non-hydrogen) atoms. The van der Waals surface area contributed by atoms with Gasteiger partial charge in [0.1, 0.15) is 23.8 Å². The van der Waals surface area contributed by atoms with Gasteiger partial charge in [0.05, 0.1) is 6.20 Å². The Bertz CT molecular complexity index is 742. The van der Waals surface area contributed by atoms with Crippen molar-refractivity contribution in [1.29, 1.82) is 0 Å². The number of aryl methyl sites for hydroxylation is 1. The summed E-state index contributed by atoms with van der Waals surface area (Å²) in [6.07, 6.45) is 3.18. The molecular weight excluding hydrogens is 282 g/mol. The Hall–Kier alpha value is -2.37. The second-order valence-corrected chi connectivity index (χ2v) is 6.17. The van der Waals surface area contributed by atoms with Gasteiger partial charge in [-0.25, -0.2) is 0 Å². The van der Waals surface area contributed by atoms with E-state index in [0.717, 1.165) is 34.4 Å². The number of hydrogen-bond donors (Lipinski definition) is 2. The number of phenolic OH excluding ortho intramolecular Hbond substituents is 1. The van der Waals surface area contributed by atoms with E-state index < -0.39 is 0 Å². The lowest BCUT2D eigenvalue weighted by atomic mass is 9.93. The maximum absolute atomic E-state index is 10.6. The average molecular weight is 301 g/mol. The number of nitrogen functional groups attached to an aromatic ring is 1. The first-order valence-electron chi connectivity index (χ1n) is 7.49. The van der Waals surface area contributed by atoms with Gasteiger partial charge in [-0.1, -0.05) is 0 Å². The largest absolute Gasteiger partial charge is 0.504 e. The number of rotatable bonds is 1. The minimum Gasteiger partial charge on any atom is -0.504 e. The van der Waals surface area contributed by atoms with E-state index in [1.54, 1.807) is 10.9 Å². The summed E-state index contributed by atoms with van der Waals surface area (Å²) in [6, 6.07) is 0. The monoisotopic (exact) mass is 301 g/mol. The lowest BCUT2D eigenvalue weighted by molar-refractivity contribution is 0.244. The van der Waals surface area contributed by atoms with Crippen LogP contribution in [0.5, 0.6) is 17.2 Å². The molecule has 0 bridgehead atoms. The molecule has 6 nitrogen and oxygen atoms in total. The molecule has 6 heteroatoms. The molecule has 2 aliphatic heterocycles. The maximum Gasteiger partial charge on any atom is 0.165 e. The first-order valence-corrected chi connectivity index (χ1v) is 7.49. The van der Waals surface area contributed by atoms with Crippen molar-refractivity contribution in [3.05, 3.63) is 17.3 Å². The topological polar surface area (TPSA) is 82.5 Å². The molecule has 1 aromatic heterocycles. The average Bonchev–Trinajstić information content (AvgIpc) is 3.12. The van der Waals surface area contributed by atoms with Gasteiger partial charge in [0.25, 0.3) is 0 Å². The van der Waals surface area contributed by atoms with Crippen LogP contribution in [0.15, 0.2) is 6.20 Å². The summed E-state index contributed by atoms with van der Waals surface area (Å²) >= 11 is 0. The van der Waals surface area contributed by atoms with Crippen LogP contribution in [-0.2, 0) is 19.9 Å². The predicted molar refractivity (Wildman–Crippen MR) is 82.3 cm³/mol. The van der Waals surface area contributed by atoms with Gasteiger partial charge in [-0.05, 0) is 13.8 Å². The summed E-state index contributed by atoms with van der Waals surface area (Å²) in [4.78, 5) is 0. The molecule has 2 unspecified atom stereocenters. The highest BCUT2D eigenvalue weighted by atomic mass is 16.5. The van der Waals surface area contributed by atoms with Crippen LogP contribution < -0.4 is 15.2 Å². The fourth-order valence-corrected chi connectivity index (χ4v) is 3.42. The molecule has 3 N–H and O–H groups in total. The normalized spacial score (nSPS) is 22.1. The van der Waals surface area contributed by atoms with Crippen LogP contribution >= 0.6 is 0 Å². The van der Waals surface area contributed by atoms with Gasteiger partial charge in [-0.2, -0.15) is 5.10 Å². The van der Waals surface area contributed by atoms with Crippen LogP contribution in [0.3, 0.4) is 0 Å². The SMILES string of the molecule is CC1Cc2c(c(O)c3c(c2-c2cnn(C)c2N)OC(C)C3)O1. The number of fused-ring (bicyclic) bond motifs is 2. The van der Waals surface area contributed by atoms with Crippen molar-refractivity contribution in [3.63, 3.8) is 0 Å². The third-order valence-electron chi connectivity index (χ3n) is 4.45.